The summed E-state index contributed by atoms with van der Waals surface area (Å²) in [5, 5.41) is 21.1. The molecular weight excluding hydrogens is 306 g/mol. The smallest absolute Gasteiger partial charge is 0.361 e. The summed E-state index contributed by atoms with van der Waals surface area (Å²) in [6, 6.07) is 0.0831. The maximum atomic E-state index is 12.7. The Morgan fingerprint density at radius 1 is 1.43 bits per heavy atom. The van der Waals surface area contributed by atoms with Crippen molar-refractivity contribution in [2.24, 2.45) is 0 Å². The molecule has 23 heavy (non-hydrogen) atoms. The molecule has 3 heterocycles. The lowest BCUT2D eigenvalue weighted by molar-refractivity contribution is 0.0520. The highest BCUT2D eigenvalue weighted by molar-refractivity contribution is 5.99. The molecule has 2 aliphatic rings. The van der Waals surface area contributed by atoms with Gasteiger partial charge < -0.3 is 14.6 Å². The molecule has 0 spiro atoms. The standard InChI is InChI=1S/C13H15N5O5/c1-2-22-13(21)9-8-10(17(15-9)6-3-4-6)11(20)18(16-14-8)12-7(5-19)23-12/h6-7,12,19H,2-5H2,1H3. The minimum Gasteiger partial charge on any atom is -0.461 e. The molecule has 2 aromatic rings. The third kappa shape index (κ3) is 2.21. The van der Waals surface area contributed by atoms with Crippen molar-refractivity contribution in [3.63, 3.8) is 0 Å². The van der Waals surface area contributed by atoms with Crippen molar-refractivity contribution in [3.8, 4) is 0 Å². The Hall–Kier alpha value is -2.33. The van der Waals surface area contributed by atoms with E-state index in [1.54, 1.807) is 6.92 Å². The Kier molecular flexibility index (Phi) is 3.16. The second kappa shape index (κ2) is 5.10. The Morgan fingerprint density at radius 3 is 2.83 bits per heavy atom. The third-order valence-electron chi connectivity index (χ3n) is 3.88. The van der Waals surface area contributed by atoms with E-state index in [-0.39, 0.29) is 36.0 Å². The maximum absolute atomic E-state index is 12.7. The molecule has 1 aliphatic heterocycles. The monoisotopic (exact) mass is 321 g/mol. The number of carbonyl (C=O) groups excluding carboxylic acids is 1. The molecule has 1 saturated heterocycles. The summed E-state index contributed by atoms with van der Waals surface area (Å²) in [6.45, 7) is 1.69. The summed E-state index contributed by atoms with van der Waals surface area (Å²) < 4.78 is 12.8. The minimum absolute atomic E-state index is 0.000855. The van der Waals surface area contributed by atoms with Gasteiger partial charge in [0.15, 0.2) is 23.0 Å². The van der Waals surface area contributed by atoms with Crippen LogP contribution in [-0.2, 0) is 9.47 Å². The number of aromatic nitrogens is 5. The molecule has 0 radical (unpaired) electrons. The summed E-state index contributed by atoms with van der Waals surface area (Å²) in [6.07, 6.45) is 0.694. The number of nitrogens with zero attached hydrogens (tertiary/aromatic N) is 5. The SMILES string of the molecule is CCOC(=O)c1nn(C2CC2)c2c(=O)n(C3OC3CO)nnc12. The van der Waals surface area contributed by atoms with Gasteiger partial charge in [0.2, 0.25) is 0 Å². The van der Waals surface area contributed by atoms with Gasteiger partial charge in [-0.25, -0.2) is 4.79 Å². The number of carbonyl (C=O) groups is 1. The molecule has 0 aromatic carbocycles. The minimum atomic E-state index is -0.627. The molecule has 2 aromatic heterocycles. The van der Waals surface area contributed by atoms with Gasteiger partial charge in [-0.15, -0.1) is 5.10 Å². The molecule has 122 valence electrons. The molecule has 1 saturated carbocycles. The number of aliphatic hydroxyl groups excluding tert-OH is 1. The van der Waals surface area contributed by atoms with Crippen molar-refractivity contribution in [2.75, 3.05) is 13.2 Å². The van der Waals surface area contributed by atoms with Gasteiger partial charge in [-0.3, -0.25) is 9.48 Å². The number of hydrogen-bond donors (Lipinski definition) is 1. The molecule has 2 atom stereocenters. The fraction of sp³-hybridized carbons (Fsp3) is 0.615. The van der Waals surface area contributed by atoms with Crippen molar-refractivity contribution in [1.82, 2.24) is 24.8 Å². The topological polar surface area (TPSA) is 125 Å². The predicted octanol–water partition coefficient (Wildman–Crippen LogP) is -0.611. The van der Waals surface area contributed by atoms with E-state index < -0.39 is 23.9 Å². The molecule has 1 N–H and O–H groups in total. The van der Waals surface area contributed by atoms with Crippen LogP contribution in [0.2, 0.25) is 0 Å². The molecule has 10 nitrogen and oxygen atoms in total. The van der Waals surface area contributed by atoms with Gasteiger partial charge in [0, 0.05) is 0 Å². The molecular formula is C13H15N5O5. The second-order valence-electron chi connectivity index (χ2n) is 5.53. The van der Waals surface area contributed by atoms with Gasteiger partial charge in [0.25, 0.3) is 5.56 Å². The molecule has 4 rings (SSSR count). The zero-order chi connectivity index (χ0) is 16.1. The van der Waals surface area contributed by atoms with Gasteiger partial charge in [-0.1, -0.05) is 5.21 Å². The Labute approximate surface area is 129 Å². The van der Waals surface area contributed by atoms with E-state index in [0.717, 1.165) is 17.5 Å². The predicted molar refractivity (Wildman–Crippen MR) is 74.8 cm³/mol. The first kappa shape index (κ1) is 14.3. The fourth-order valence-corrected chi connectivity index (χ4v) is 2.53. The van der Waals surface area contributed by atoms with Crippen LogP contribution in [0.25, 0.3) is 11.0 Å². The summed E-state index contributed by atoms with van der Waals surface area (Å²) in [4.78, 5) is 24.7. The molecule has 0 amide bonds. The largest absolute Gasteiger partial charge is 0.461 e. The zero-order valence-electron chi connectivity index (χ0n) is 12.4. The average Bonchev–Trinajstić information content (AvgIpc) is 3.45. The lowest BCUT2D eigenvalue weighted by Crippen LogP contribution is -2.26. The summed E-state index contributed by atoms with van der Waals surface area (Å²) in [5.74, 6) is -0.626. The van der Waals surface area contributed by atoms with Crippen LogP contribution < -0.4 is 5.56 Å². The highest BCUT2D eigenvalue weighted by Gasteiger charge is 2.43. The first-order valence-electron chi connectivity index (χ1n) is 7.46. The molecule has 10 heteroatoms. The normalized spacial score (nSPS) is 23.2. The number of hydrogen-bond acceptors (Lipinski definition) is 8. The fourth-order valence-electron chi connectivity index (χ4n) is 2.53. The first-order chi connectivity index (χ1) is 11.2. The number of fused-ring (bicyclic) bond motifs is 1. The van der Waals surface area contributed by atoms with E-state index in [4.69, 9.17) is 14.6 Å². The number of rotatable bonds is 5. The van der Waals surface area contributed by atoms with Crippen molar-refractivity contribution < 1.29 is 19.4 Å². The van der Waals surface area contributed by atoms with Crippen LogP contribution in [0.4, 0.5) is 0 Å². The zero-order valence-corrected chi connectivity index (χ0v) is 12.4. The van der Waals surface area contributed by atoms with Crippen molar-refractivity contribution in [1.29, 1.82) is 0 Å². The quantitative estimate of drug-likeness (QED) is 0.571. The van der Waals surface area contributed by atoms with E-state index in [2.05, 4.69) is 15.4 Å². The van der Waals surface area contributed by atoms with Crippen LogP contribution in [0, 0.1) is 0 Å². The highest BCUT2D eigenvalue weighted by atomic mass is 16.6. The van der Waals surface area contributed by atoms with Crippen LogP contribution in [0.3, 0.4) is 0 Å². The summed E-state index contributed by atoms with van der Waals surface area (Å²) >= 11 is 0. The Bertz CT molecular complexity index is 839. The lowest BCUT2D eigenvalue weighted by atomic mass is 10.3. The van der Waals surface area contributed by atoms with Crippen molar-refractivity contribution in [2.45, 2.75) is 38.1 Å². The maximum Gasteiger partial charge on any atom is 0.361 e. The molecule has 1 aliphatic carbocycles. The van der Waals surface area contributed by atoms with Gasteiger partial charge in [0.1, 0.15) is 6.10 Å². The van der Waals surface area contributed by atoms with Crippen molar-refractivity contribution in [3.05, 3.63) is 16.0 Å². The lowest BCUT2D eigenvalue weighted by Gasteiger charge is -2.01. The number of esters is 1. The molecule has 0 bridgehead atoms. The van der Waals surface area contributed by atoms with Crippen molar-refractivity contribution >= 4 is 17.0 Å². The number of aliphatic hydroxyl groups is 1. The van der Waals surface area contributed by atoms with Crippen LogP contribution in [0.15, 0.2) is 4.79 Å². The van der Waals surface area contributed by atoms with Crippen LogP contribution >= 0.6 is 0 Å². The van der Waals surface area contributed by atoms with E-state index >= 15 is 0 Å². The van der Waals surface area contributed by atoms with Gasteiger partial charge in [0.05, 0.1) is 19.3 Å². The van der Waals surface area contributed by atoms with E-state index in [0.29, 0.717) is 0 Å². The average molecular weight is 321 g/mol. The molecule has 2 fully saturated rings. The van der Waals surface area contributed by atoms with E-state index in [9.17, 15) is 9.59 Å². The van der Waals surface area contributed by atoms with E-state index in [1.165, 1.54) is 4.68 Å². The van der Waals surface area contributed by atoms with Crippen LogP contribution in [0.5, 0.6) is 0 Å². The second-order valence-corrected chi connectivity index (χ2v) is 5.53. The summed E-state index contributed by atoms with van der Waals surface area (Å²) in [7, 11) is 0. The summed E-state index contributed by atoms with van der Waals surface area (Å²) in [5.41, 5.74) is -0.0811. The van der Waals surface area contributed by atoms with Gasteiger partial charge >= 0.3 is 5.97 Å². The van der Waals surface area contributed by atoms with Gasteiger partial charge in [-0.2, -0.15) is 9.78 Å². The van der Waals surface area contributed by atoms with Crippen LogP contribution in [0.1, 0.15) is 42.5 Å². The highest BCUT2D eigenvalue weighted by Crippen LogP contribution is 2.37. The number of epoxide rings is 1. The Morgan fingerprint density at radius 2 is 2.22 bits per heavy atom. The van der Waals surface area contributed by atoms with Gasteiger partial charge in [-0.05, 0) is 19.8 Å². The number of ether oxygens (including phenoxy) is 2. The third-order valence-corrected chi connectivity index (χ3v) is 3.88. The van der Waals surface area contributed by atoms with Crippen LogP contribution in [-0.4, -0.2) is 55.2 Å². The first-order valence-corrected chi connectivity index (χ1v) is 7.46. The Balaban J connectivity index is 1.87. The molecule has 2 unspecified atom stereocenters. The van der Waals surface area contributed by atoms with E-state index in [1.807, 2.05) is 0 Å².